The maximum atomic E-state index is 13.1. The van der Waals surface area contributed by atoms with E-state index in [1.165, 1.54) is 6.07 Å². The van der Waals surface area contributed by atoms with Crippen molar-refractivity contribution in [1.82, 2.24) is 4.57 Å². The smallest absolute Gasteiger partial charge is 0.416 e. The lowest BCUT2D eigenvalue weighted by atomic mass is 10.1. The van der Waals surface area contributed by atoms with Gasteiger partial charge in [-0.3, -0.25) is 0 Å². The summed E-state index contributed by atoms with van der Waals surface area (Å²) in [6.45, 7) is 2.51. The monoisotopic (exact) mass is 348 g/mol. The van der Waals surface area contributed by atoms with E-state index in [0.717, 1.165) is 17.7 Å². The molecule has 7 heteroatoms. The summed E-state index contributed by atoms with van der Waals surface area (Å²) >= 11 is 0. The SMILES string of the molecule is CCn1c(-c2ccc3c(c2)OCO3)c(N)c2ccc(C(F)(F)F)cc21. The first kappa shape index (κ1) is 15.7. The quantitative estimate of drug-likeness (QED) is 0.733. The van der Waals surface area contributed by atoms with Gasteiger partial charge in [0.1, 0.15) is 0 Å². The van der Waals surface area contributed by atoms with E-state index in [1.54, 1.807) is 16.7 Å². The van der Waals surface area contributed by atoms with Crippen molar-refractivity contribution in [3.05, 3.63) is 42.0 Å². The van der Waals surface area contributed by atoms with E-state index in [9.17, 15) is 13.2 Å². The number of aromatic nitrogens is 1. The lowest BCUT2D eigenvalue weighted by Crippen LogP contribution is -2.05. The van der Waals surface area contributed by atoms with E-state index < -0.39 is 11.7 Å². The van der Waals surface area contributed by atoms with Gasteiger partial charge in [-0.15, -0.1) is 0 Å². The van der Waals surface area contributed by atoms with E-state index in [4.69, 9.17) is 15.2 Å². The summed E-state index contributed by atoms with van der Waals surface area (Å²) in [7, 11) is 0. The average Bonchev–Trinajstić information content (AvgIpc) is 3.15. The molecule has 0 saturated carbocycles. The van der Waals surface area contributed by atoms with Gasteiger partial charge in [0.25, 0.3) is 0 Å². The molecule has 25 heavy (non-hydrogen) atoms. The van der Waals surface area contributed by atoms with Crippen molar-refractivity contribution in [3.63, 3.8) is 0 Å². The summed E-state index contributed by atoms with van der Waals surface area (Å²) in [5.41, 5.74) is 7.94. The number of alkyl halides is 3. The van der Waals surface area contributed by atoms with Crippen LogP contribution in [-0.4, -0.2) is 11.4 Å². The molecule has 1 aliphatic heterocycles. The highest BCUT2D eigenvalue weighted by Gasteiger charge is 2.31. The van der Waals surface area contributed by atoms with Gasteiger partial charge in [-0.25, -0.2) is 0 Å². The molecule has 0 aliphatic carbocycles. The molecule has 0 amide bonds. The molecule has 4 nitrogen and oxygen atoms in total. The van der Waals surface area contributed by atoms with Crippen LogP contribution in [0, 0.1) is 0 Å². The van der Waals surface area contributed by atoms with Gasteiger partial charge in [-0.2, -0.15) is 13.2 Å². The van der Waals surface area contributed by atoms with Gasteiger partial charge in [0.2, 0.25) is 6.79 Å². The second-order valence-electron chi connectivity index (χ2n) is 5.80. The van der Waals surface area contributed by atoms with Crippen molar-refractivity contribution in [2.45, 2.75) is 19.6 Å². The lowest BCUT2D eigenvalue weighted by molar-refractivity contribution is -0.137. The predicted octanol–water partition coefficient (Wildman–Crippen LogP) is 4.66. The number of anilines is 1. The van der Waals surface area contributed by atoms with Crippen molar-refractivity contribution in [2.75, 3.05) is 12.5 Å². The number of hydrogen-bond donors (Lipinski definition) is 1. The zero-order valence-electron chi connectivity index (χ0n) is 13.4. The lowest BCUT2D eigenvalue weighted by Gasteiger charge is -2.11. The molecule has 0 fully saturated rings. The van der Waals surface area contributed by atoms with Crippen LogP contribution in [0.2, 0.25) is 0 Å². The summed E-state index contributed by atoms with van der Waals surface area (Å²) < 4.78 is 51.7. The number of aryl methyl sites for hydroxylation is 1. The highest BCUT2D eigenvalue weighted by molar-refractivity contribution is 6.01. The van der Waals surface area contributed by atoms with Crippen LogP contribution in [0.1, 0.15) is 12.5 Å². The molecule has 0 bridgehead atoms. The van der Waals surface area contributed by atoms with Crippen LogP contribution in [0.5, 0.6) is 11.5 Å². The molecule has 130 valence electrons. The molecule has 1 aromatic heterocycles. The number of nitrogens with zero attached hydrogens (tertiary/aromatic N) is 1. The van der Waals surface area contributed by atoms with Crippen molar-refractivity contribution in [3.8, 4) is 22.8 Å². The molecule has 0 atom stereocenters. The van der Waals surface area contributed by atoms with Crippen molar-refractivity contribution in [2.24, 2.45) is 0 Å². The van der Waals surface area contributed by atoms with E-state index in [2.05, 4.69) is 0 Å². The first-order valence-corrected chi connectivity index (χ1v) is 7.79. The van der Waals surface area contributed by atoms with Gasteiger partial charge in [-0.1, -0.05) is 6.07 Å². The van der Waals surface area contributed by atoms with Crippen LogP contribution in [0.3, 0.4) is 0 Å². The summed E-state index contributed by atoms with van der Waals surface area (Å²) in [5, 5.41) is 0.600. The fourth-order valence-corrected chi connectivity index (χ4v) is 3.24. The van der Waals surface area contributed by atoms with Crippen molar-refractivity contribution >= 4 is 16.6 Å². The number of hydrogen-bond acceptors (Lipinski definition) is 3. The average molecular weight is 348 g/mol. The zero-order valence-corrected chi connectivity index (χ0v) is 13.4. The first-order chi connectivity index (χ1) is 11.9. The number of rotatable bonds is 2. The Balaban J connectivity index is 1.96. The maximum absolute atomic E-state index is 13.1. The maximum Gasteiger partial charge on any atom is 0.416 e. The van der Waals surface area contributed by atoms with Crippen LogP contribution < -0.4 is 15.2 Å². The van der Waals surface area contributed by atoms with Gasteiger partial charge in [0, 0.05) is 17.5 Å². The molecule has 2 heterocycles. The first-order valence-electron chi connectivity index (χ1n) is 7.79. The number of halogens is 3. The molecular weight excluding hydrogens is 333 g/mol. The number of nitrogen functional groups attached to an aromatic ring is 1. The molecule has 4 rings (SSSR count). The third kappa shape index (κ3) is 2.38. The second kappa shape index (κ2) is 5.34. The highest BCUT2D eigenvalue weighted by atomic mass is 19.4. The van der Waals surface area contributed by atoms with Gasteiger partial charge >= 0.3 is 6.18 Å². The molecule has 1 aliphatic rings. The number of ether oxygens (including phenoxy) is 2. The van der Waals surface area contributed by atoms with Crippen LogP contribution in [0.4, 0.5) is 18.9 Å². The predicted molar refractivity (Wildman–Crippen MR) is 88.6 cm³/mol. The van der Waals surface area contributed by atoms with E-state index in [-0.39, 0.29) is 6.79 Å². The Morgan fingerprint density at radius 3 is 2.56 bits per heavy atom. The molecule has 3 aromatic rings. The Morgan fingerprint density at radius 1 is 1.08 bits per heavy atom. The molecule has 0 spiro atoms. The minimum atomic E-state index is -4.40. The Kier molecular flexibility index (Phi) is 3.35. The number of fused-ring (bicyclic) bond motifs is 2. The minimum Gasteiger partial charge on any atom is -0.454 e. The van der Waals surface area contributed by atoms with E-state index in [0.29, 0.717) is 40.3 Å². The van der Waals surface area contributed by atoms with E-state index in [1.807, 2.05) is 13.0 Å². The Hall–Kier alpha value is -2.83. The molecular formula is C18H15F3N2O2. The molecule has 2 aromatic carbocycles. The summed E-state index contributed by atoms with van der Waals surface area (Å²) in [5.74, 6) is 1.24. The normalized spacial score (nSPS) is 13.6. The number of benzene rings is 2. The number of nitrogens with two attached hydrogens (primary N) is 1. The molecule has 0 radical (unpaired) electrons. The summed E-state index contributed by atoms with van der Waals surface area (Å²) in [6, 6.07) is 9.03. The second-order valence-corrected chi connectivity index (χ2v) is 5.80. The fourth-order valence-electron chi connectivity index (χ4n) is 3.24. The third-order valence-corrected chi connectivity index (χ3v) is 4.39. The van der Waals surface area contributed by atoms with Gasteiger partial charge < -0.3 is 19.8 Å². The van der Waals surface area contributed by atoms with Crippen LogP contribution in [-0.2, 0) is 12.7 Å². The van der Waals surface area contributed by atoms with Crippen LogP contribution in [0.25, 0.3) is 22.2 Å². The highest BCUT2D eigenvalue weighted by Crippen LogP contribution is 2.42. The van der Waals surface area contributed by atoms with Crippen molar-refractivity contribution in [1.29, 1.82) is 0 Å². The van der Waals surface area contributed by atoms with Crippen LogP contribution in [0.15, 0.2) is 36.4 Å². The van der Waals surface area contributed by atoms with Crippen molar-refractivity contribution < 1.29 is 22.6 Å². The summed E-state index contributed by atoms with van der Waals surface area (Å²) in [4.78, 5) is 0. The Bertz CT molecular complexity index is 977. The van der Waals surface area contributed by atoms with Gasteiger partial charge in [0.15, 0.2) is 11.5 Å². The largest absolute Gasteiger partial charge is 0.454 e. The molecule has 0 unspecified atom stereocenters. The Morgan fingerprint density at radius 2 is 1.84 bits per heavy atom. The third-order valence-electron chi connectivity index (χ3n) is 4.39. The standard InChI is InChI=1S/C18H15F3N2O2/c1-2-23-13-8-11(18(19,20)21)4-5-12(13)16(22)17(23)10-3-6-14-15(7-10)25-9-24-14/h3-8H,2,9,22H2,1H3. The minimum absolute atomic E-state index is 0.153. The van der Waals surface area contributed by atoms with Gasteiger partial charge in [-0.05, 0) is 37.3 Å². The molecule has 2 N–H and O–H groups in total. The Labute approximate surface area is 141 Å². The summed E-state index contributed by atoms with van der Waals surface area (Å²) in [6.07, 6.45) is -4.40. The van der Waals surface area contributed by atoms with Crippen LogP contribution >= 0.6 is 0 Å². The van der Waals surface area contributed by atoms with Gasteiger partial charge in [0.05, 0.1) is 22.5 Å². The van der Waals surface area contributed by atoms with E-state index >= 15 is 0 Å². The topological polar surface area (TPSA) is 49.4 Å². The molecule has 0 saturated heterocycles. The zero-order chi connectivity index (χ0) is 17.8. The fraction of sp³-hybridized carbons (Fsp3) is 0.222.